The average molecular weight is 412 g/mol. The number of methoxy groups -OCH3 is 1. The first-order valence-electron chi connectivity index (χ1n) is 9.90. The highest BCUT2D eigenvalue weighted by Gasteiger charge is 2.42. The van der Waals surface area contributed by atoms with E-state index in [1.807, 2.05) is 6.07 Å². The Kier molecular flexibility index (Phi) is 5.44. The minimum Gasteiger partial charge on any atom is -0.495 e. The second-order valence-electron chi connectivity index (χ2n) is 7.72. The predicted molar refractivity (Wildman–Crippen MR) is 106 cm³/mol. The topological polar surface area (TPSA) is 62.6 Å². The lowest BCUT2D eigenvalue weighted by Gasteiger charge is -2.41. The molecule has 7 heteroatoms. The SMILES string of the molecule is COc1c(C#N)ccc(C2(F)CCOCC2)c1C(=O)N1CC(c2ccc(F)cc2)C1. The first-order valence-corrected chi connectivity index (χ1v) is 9.90. The lowest BCUT2D eigenvalue weighted by molar-refractivity contribution is -0.0123. The van der Waals surface area contributed by atoms with Crippen LogP contribution in [0.1, 0.15) is 45.8 Å². The molecular weight excluding hydrogens is 390 g/mol. The molecule has 2 heterocycles. The number of rotatable bonds is 4. The van der Waals surface area contributed by atoms with Crippen molar-refractivity contribution in [2.45, 2.75) is 24.4 Å². The Bertz CT molecular complexity index is 989. The minimum absolute atomic E-state index is 0.0885. The van der Waals surface area contributed by atoms with E-state index in [1.165, 1.54) is 31.4 Å². The number of carbonyl (C=O) groups is 1. The molecule has 2 aromatic rings. The van der Waals surface area contributed by atoms with Crippen molar-refractivity contribution >= 4 is 5.91 Å². The van der Waals surface area contributed by atoms with Crippen molar-refractivity contribution in [1.29, 1.82) is 5.26 Å². The van der Waals surface area contributed by atoms with E-state index in [4.69, 9.17) is 9.47 Å². The normalized spacial score (nSPS) is 18.4. The molecule has 2 aliphatic rings. The summed E-state index contributed by atoms with van der Waals surface area (Å²) in [5.74, 6) is -0.474. The van der Waals surface area contributed by atoms with Gasteiger partial charge in [-0.3, -0.25) is 4.79 Å². The molecule has 1 amide bonds. The van der Waals surface area contributed by atoms with Gasteiger partial charge in [-0.15, -0.1) is 0 Å². The fourth-order valence-corrected chi connectivity index (χ4v) is 4.18. The van der Waals surface area contributed by atoms with E-state index in [0.29, 0.717) is 13.1 Å². The summed E-state index contributed by atoms with van der Waals surface area (Å²) in [7, 11) is 1.38. The van der Waals surface area contributed by atoms with Gasteiger partial charge in [-0.1, -0.05) is 18.2 Å². The summed E-state index contributed by atoms with van der Waals surface area (Å²) in [6, 6.07) is 11.3. The van der Waals surface area contributed by atoms with E-state index in [2.05, 4.69) is 0 Å². The summed E-state index contributed by atoms with van der Waals surface area (Å²) in [4.78, 5) is 15.0. The fourth-order valence-electron chi connectivity index (χ4n) is 4.18. The Morgan fingerprint density at radius 2 is 1.87 bits per heavy atom. The van der Waals surface area contributed by atoms with Gasteiger partial charge in [-0.25, -0.2) is 8.78 Å². The Morgan fingerprint density at radius 3 is 2.47 bits per heavy atom. The predicted octanol–water partition coefficient (Wildman–Crippen LogP) is 3.92. The van der Waals surface area contributed by atoms with Crippen LogP contribution in [0.5, 0.6) is 5.75 Å². The van der Waals surface area contributed by atoms with Gasteiger partial charge in [0, 0.05) is 50.6 Å². The quantitative estimate of drug-likeness (QED) is 0.764. The molecule has 2 saturated heterocycles. The van der Waals surface area contributed by atoms with Gasteiger partial charge in [0.2, 0.25) is 0 Å². The van der Waals surface area contributed by atoms with Crippen LogP contribution in [-0.2, 0) is 10.4 Å². The molecule has 5 nitrogen and oxygen atoms in total. The molecule has 0 atom stereocenters. The number of amides is 1. The molecule has 0 radical (unpaired) electrons. The van der Waals surface area contributed by atoms with E-state index in [0.717, 1.165) is 5.56 Å². The monoisotopic (exact) mass is 412 g/mol. The average Bonchev–Trinajstić information content (AvgIpc) is 2.73. The van der Waals surface area contributed by atoms with Crippen LogP contribution in [0.4, 0.5) is 8.78 Å². The molecule has 30 heavy (non-hydrogen) atoms. The summed E-state index contributed by atoms with van der Waals surface area (Å²) >= 11 is 0. The summed E-state index contributed by atoms with van der Waals surface area (Å²) in [6.07, 6.45) is 0.279. The van der Waals surface area contributed by atoms with Crippen molar-refractivity contribution in [3.05, 3.63) is 64.5 Å². The zero-order chi connectivity index (χ0) is 21.3. The number of nitriles is 1. The van der Waals surface area contributed by atoms with E-state index in [-0.39, 0.29) is 66.1 Å². The maximum atomic E-state index is 15.8. The molecule has 156 valence electrons. The zero-order valence-electron chi connectivity index (χ0n) is 16.7. The number of likely N-dealkylation sites (tertiary alicyclic amines) is 1. The van der Waals surface area contributed by atoms with Crippen LogP contribution in [0.15, 0.2) is 36.4 Å². The van der Waals surface area contributed by atoms with E-state index < -0.39 is 5.67 Å². The van der Waals surface area contributed by atoms with E-state index in [9.17, 15) is 14.4 Å². The third-order valence-electron chi connectivity index (χ3n) is 5.97. The molecule has 0 spiro atoms. The number of carbonyl (C=O) groups excluding carboxylic acids is 1. The van der Waals surface area contributed by atoms with E-state index in [1.54, 1.807) is 17.0 Å². The minimum atomic E-state index is -1.72. The van der Waals surface area contributed by atoms with Crippen LogP contribution < -0.4 is 4.74 Å². The van der Waals surface area contributed by atoms with Gasteiger partial charge in [0.1, 0.15) is 23.3 Å². The molecule has 2 aliphatic heterocycles. The second-order valence-corrected chi connectivity index (χ2v) is 7.72. The molecule has 2 aromatic carbocycles. The highest BCUT2D eigenvalue weighted by Crippen LogP contribution is 2.43. The number of ether oxygens (including phenoxy) is 2. The molecule has 0 N–H and O–H groups in total. The summed E-state index contributed by atoms with van der Waals surface area (Å²) in [6.45, 7) is 1.41. The summed E-state index contributed by atoms with van der Waals surface area (Å²) in [5.41, 5.74) is -0.220. The van der Waals surface area contributed by atoms with Crippen LogP contribution in [0, 0.1) is 17.1 Å². The Labute approximate surface area is 173 Å². The molecule has 0 aromatic heterocycles. The second kappa shape index (κ2) is 8.04. The molecule has 4 rings (SSSR count). The largest absolute Gasteiger partial charge is 0.495 e. The highest BCUT2D eigenvalue weighted by atomic mass is 19.1. The third-order valence-corrected chi connectivity index (χ3v) is 5.97. The molecule has 2 fully saturated rings. The molecule has 0 unspecified atom stereocenters. The van der Waals surface area contributed by atoms with Crippen LogP contribution in [0.25, 0.3) is 0 Å². The van der Waals surface area contributed by atoms with Gasteiger partial charge in [-0.2, -0.15) is 5.26 Å². The maximum Gasteiger partial charge on any atom is 0.258 e. The molecule has 0 bridgehead atoms. The number of hydrogen-bond donors (Lipinski definition) is 0. The highest BCUT2D eigenvalue weighted by molar-refractivity contribution is 6.00. The number of nitrogens with zero attached hydrogens (tertiary/aromatic N) is 2. The van der Waals surface area contributed by atoms with Crippen molar-refractivity contribution < 1.29 is 23.0 Å². The maximum absolute atomic E-state index is 15.8. The lowest BCUT2D eigenvalue weighted by atomic mass is 9.82. The third kappa shape index (κ3) is 3.52. The number of benzene rings is 2. The zero-order valence-corrected chi connectivity index (χ0v) is 16.7. The van der Waals surface area contributed by atoms with Gasteiger partial charge in [0.15, 0.2) is 0 Å². The first kappa shape index (κ1) is 20.3. The summed E-state index contributed by atoms with van der Waals surface area (Å²) < 4.78 is 39.7. The molecular formula is C23H22F2N2O3. The van der Waals surface area contributed by atoms with Crippen LogP contribution in [-0.4, -0.2) is 44.2 Å². The lowest BCUT2D eigenvalue weighted by Crippen LogP contribution is -2.49. The Balaban J connectivity index is 1.66. The summed E-state index contributed by atoms with van der Waals surface area (Å²) in [5, 5.41) is 9.44. The van der Waals surface area contributed by atoms with Crippen LogP contribution >= 0.6 is 0 Å². The van der Waals surface area contributed by atoms with Gasteiger partial charge >= 0.3 is 0 Å². The van der Waals surface area contributed by atoms with Crippen molar-refractivity contribution in [3.8, 4) is 11.8 Å². The van der Waals surface area contributed by atoms with Crippen molar-refractivity contribution in [1.82, 2.24) is 4.90 Å². The first-order chi connectivity index (χ1) is 14.5. The van der Waals surface area contributed by atoms with E-state index >= 15 is 4.39 Å². The van der Waals surface area contributed by atoms with Crippen molar-refractivity contribution in [2.24, 2.45) is 0 Å². The number of alkyl halides is 1. The Hall–Kier alpha value is -2.98. The standard InChI is InChI=1S/C23H22F2N2O3/c1-29-21-16(12-26)4-7-19(23(25)8-10-30-11-9-23)20(21)22(28)27-13-17(14-27)15-2-5-18(24)6-3-15/h2-7,17H,8-11,13-14H2,1H3. The Morgan fingerprint density at radius 1 is 1.20 bits per heavy atom. The molecule has 0 aliphatic carbocycles. The van der Waals surface area contributed by atoms with Gasteiger partial charge < -0.3 is 14.4 Å². The van der Waals surface area contributed by atoms with Gasteiger partial charge in [0.25, 0.3) is 5.91 Å². The van der Waals surface area contributed by atoms with Crippen molar-refractivity contribution in [3.63, 3.8) is 0 Å². The van der Waals surface area contributed by atoms with Gasteiger partial charge in [0.05, 0.1) is 18.2 Å². The van der Waals surface area contributed by atoms with Gasteiger partial charge in [-0.05, 0) is 23.8 Å². The van der Waals surface area contributed by atoms with Crippen LogP contribution in [0.2, 0.25) is 0 Å². The van der Waals surface area contributed by atoms with Crippen molar-refractivity contribution in [2.75, 3.05) is 33.4 Å². The smallest absolute Gasteiger partial charge is 0.258 e. The fraction of sp³-hybridized carbons (Fsp3) is 0.391. The van der Waals surface area contributed by atoms with Crippen LogP contribution in [0.3, 0.4) is 0 Å². The molecule has 0 saturated carbocycles. The number of halogens is 2. The number of hydrogen-bond acceptors (Lipinski definition) is 4.